The molecule has 0 fully saturated rings. The second kappa shape index (κ2) is 14.0. The number of carbonyl (C=O) groups is 2. The Hall–Kier alpha value is -5.68. The van der Waals surface area contributed by atoms with Crippen molar-refractivity contribution in [2.75, 3.05) is 19.1 Å². The summed E-state index contributed by atoms with van der Waals surface area (Å²) in [5, 5.41) is 0. The summed E-state index contributed by atoms with van der Waals surface area (Å²) in [7, 11) is 2.73. The highest BCUT2D eigenvalue weighted by atomic mass is 16.5. The lowest BCUT2D eigenvalue weighted by Crippen LogP contribution is -2.09. The van der Waals surface area contributed by atoms with Gasteiger partial charge in [0.2, 0.25) is 0 Å². The van der Waals surface area contributed by atoms with Crippen molar-refractivity contribution in [2.45, 2.75) is 6.92 Å². The van der Waals surface area contributed by atoms with Gasteiger partial charge in [-0.2, -0.15) is 0 Å². The molecule has 0 aliphatic carbocycles. The Balaban J connectivity index is 1.45. The number of ether oxygens (including phenoxy) is 2. The zero-order chi connectivity index (χ0) is 30.9. The lowest BCUT2D eigenvalue weighted by molar-refractivity contribution is 0.0592. The Morgan fingerprint density at radius 1 is 0.545 bits per heavy atom. The first kappa shape index (κ1) is 29.8. The molecule has 0 spiro atoms. The molecule has 0 atom stereocenters. The van der Waals surface area contributed by atoms with Crippen molar-refractivity contribution in [2.24, 2.45) is 0 Å². The zero-order valence-corrected chi connectivity index (χ0v) is 24.9. The maximum absolute atomic E-state index is 12.0. The van der Waals surface area contributed by atoms with Crippen LogP contribution in [0, 0.1) is 6.92 Å². The highest BCUT2D eigenvalue weighted by Crippen LogP contribution is 2.34. The molecule has 0 unspecified atom stereocenters. The minimum atomic E-state index is -0.388. The van der Waals surface area contributed by atoms with Crippen LogP contribution in [0.2, 0.25) is 0 Å². The van der Waals surface area contributed by atoms with Crippen LogP contribution in [0.15, 0.2) is 140 Å². The van der Waals surface area contributed by atoms with E-state index in [1.54, 1.807) is 24.3 Å². The van der Waals surface area contributed by atoms with Gasteiger partial charge in [0.1, 0.15) is 0 Å². The number of rotatable bonds is 9. The van der Waals surface area contributed by atoms with Gasteiger partial charge in [-0.1, -0.05) is 90.5 Å². The second-order valence-electron chi connectivity index (χ2n) is 10.2. The number of nitrogens with zero attached hydrogens (tertiary/aromatic N) is 1. The Morgan fingerprint density at radius 3 is 1.45 bits per heavy atom. The highest BCUT2D eigenvalue weighted by molar-refractivity contribution is 5.92. The van der Waals surface area contributed by atoms with E-state index in [1.807, 2.05) is 60.7 Å². The van der Waals surface area contributed by atoms with E-state index >= 15 is 0 Å². The number of para-hydroxylation sites is 1. The highest BCUT2D eigenvalue weighted by Gasteiger charge is 2.12. The summed E-state index contributed by atoms with van der Waals surface area (Å²) in [5.74, 6) is -0.776. The van der Waals surface area contributed by atoms with Gasteiger partial charge < -0.3 is 14.4 Å². The molecule has 0 aromatic heterocycles. The van der Waals surface area contributed by atoms with Crippen molar-refractivity contribution in [1.29, 1.82) is 0 Å². The third-order valence-electron chi connectivity index (χ3n) is 7.24. The Kier molecular flexibility index (Phi) is 9.48. The molecule has 0 bridgehead atoms. The molecule has 0 radical (unpaired) electrons. The van der Waals surface area contributed by atoms with Gasteiger partial charge in [-0.15, -0.1) is 0 Å². The fourth-order valence-corrected chi connectivity index (χ4v) is 4.87. The van der Waals surface area contributed by atoms with Crippen LogP contribution in [-0.4, -0.2) is 26.2 Å². The first-order valence-electron chi connectivity index (χ1n) is 14.2. The van der Waals surface area contributed by atoms with E-state index in [4.69, 9.17) is 9.47 Å². The third kappa shape index (κ3) is 7.02. The predicted octanol–water partition coefficient (Wildman–Crippen LogP) is 9.18. The summed E-state index contributed by atoms with van der Waals surface area (Å²) in [5.41, 5.74) is 9.21. The van der Waals surface area contributed by atoms with E-state index in [9.17, 15) is 9.59 Å². The summed E-state index contributed by atoms with van der Waals surface area (Å²) in [6.07, 6.45) is 6.08. The van der Waals surface area contributed by atoms with E-state index in [0.29, 0.717) is 11.1 Å². The third-order valence-corrected chi connectivity index (χ3v) is 7.24. The molecule has 0 saturated carbocycles. The van der Waals surface area contributed by atoms with Gasteiger partial charge in [0.15, 0.2) is 0 Å². The topological polar surface area (TPSA) is 55.8 Å². The molecule has 0 heterocycles. The number of hydrogen-bond donors (Lipinski definition) is 0. The van der Waals surface area contributed by atoms with Gasteiger partial charge in [-0.05, 0) is 89.9 Å². The summed E-state index contributed by atoms with van der Waals surface area (Å²) in [4.78, 5) is 26.2. The SMILES string of the molecule is COC(=O)c1ccc(C(=C/C=C/c2ccc(N(c3ccccc3)c3ccc(C)cc3)cc2)c2ccc(C(=O)OC)cc2)cc1. The van der Waals surface area contributed by atoms with Crippen molar-refractivity contribution >= 4 is 40.6 Å². The molecule has 0 saturated heterocycles. The maximum atomic E-state index is 12.0. The Morgan fingerprint density at radius 2 is 0.977 bits per heavy atom. The zero-order valence-electron chi connectivity index (χ0n) is 24.9. The lowest BCUT2D eigenvalue weighted by atomic mass is 9.95. The van der Waals surface area contributed by atoms with E-state index in [2.05, 4.69) is 72.5 Å². The number of allylic oxidation sites excluding steroid dienone is 2. The maximum Gasteiger partial charge on any atom is 0.337 e. The van der Waals surface area contributed by atoms with Crippen molar-refractivity contribution < 1.29 is 19.1 Å². The predicted molar refractivity (Wildman–Crippen MR) is 178 cm³/mol. The standard InChI is InChI=1S/C39H33NO4/c1-28-12-24-35(25-13-28)40(34-9-5-4-6-10-34)36-26-14-29(15-27-36)8-7-11-37(30-16-20-32(21-17-30)38(41)43-2)31-18-22-33(23-19-31)39(42)44-3/h4-27H,1-3H3/b8-7+. The van der Waals surface area contributed by atoms with Crippen LogP contribution in [0.3, 0.4) is 0 Å². The number of benzene rings is 5. The lowest BCUT2D eigenvalue weighted by Gasteiger charge is -2.25. The molecule has 5 aromatic carbocycles. The molecule has 0 N–H and O–H groups in total. The van der Waals surface area contributed by atoms with Gasteiger partial charge in [0, 0.05) is 17.1 Å². The fraction of sp³-hybridized carbons (Fsp3) is 0.0769. The molecule has 218 valence electrons. The van der Waals surface area contributed by atoms with E-state index in [0.717, 1.165) is 39.3 Å². The summed E-state index contributed by atoms with van der Waals surface area (Å²) >= 11 is 0. The molecule has 0 aliphatic heterocycles. The molecular weight excluding hydrogens is 546 g/mol. The van der Waals surface area contributed by atoms with E-state index in [1.165, 1.54) is 19.8 Å². The number of methoxy groups -OCH3 is 2. The first-order chi connectivity index (χ1) is 21.5. The van der Waals surface area contributed by atoms with Crippen LogP contribution in [0.1, 0.15) is 43.0 Å². The molecule has 5 aromatic rings. The van der Waals surface area contributed by atoms with Crippen molar-refractivity contribution in [3.63, 3.8) is 0 Å². The second-order valence-corrected chi connectivity index (χ2v) is 10.2. The number of esters is 2. The first-order valence-corrected chi connectivity index (χ1v) is 14.2. The van der Waals surface area contributed by atoms with Crippen molar-refractivity contribution in [3.8, 4) is 0 Å². The van der Waals surface area contributed by atoms with Crippen LogP contribution in [0.25, 0.3) is 11.6 Å². The average Bonchev–Trinajstić information content (AvgIpc) is 3.08. The van der Waals surface area contributed by atoms with Crippen LogP contribution in [0.5, 0.6) is 0 Å². The molecule has 44 heavy (non-hydrogen) atoms. The quantitative estimate of drug-likeness (QED) is 0.129. The summed E-state index contributed by atoms with van der Waals surface area (Å²) in [6, 6.07) is 41.8. The number of hydrogen-bond acceptors (Lipinski definition) is 5. The fourth-order valence-electron chi connectivity index (χ4n) is 4.87. The molecule has 0 amide bonds. The van der Waals surface area contributed by atoms with Gasteiger partial charge in [0.05, 0.1) is 25.3 Å². The Labute approximate surface area is 258 Å². The number of carbonyl (C=O) groups excluding carboxylic acids is 2. The van der Waals surface area contributed by atoms with Gasteiger partial charge in [-0.3, -0.25) is 0 Å². The summed E-state index contributed by atoms with van der Waals surface area (Å²) in [6.45, 7) is 2.09. The smallest absolute Gasteiger partial charge is 0.337 e. The normalized spacial score (nSPS) is 10.7. The minimum absolute atomic E-state index is 0.388. The minimum Gasteiger partial charge on any atom is -0.465 e. The van der Waals surface area contributed by atoms with Crippen molar-refractivity contribution in [3.05, 3.63) is 173 Å². The van der Waals surface area contributed by atoms with Crippen LogP contribution in [-0.2, 0) is 9.47 Å². The van der Waals surface area contributed by atoms with Crippen LogP contribution in [0.4, 0.5) is 17.1 Å². The van der Waals surface area contributed by atoms with E-state index in [-0.39, 0.29) is 11.9 Å². The van der Waals surface area contributed by atoms with Crippen LogP contribution >= 0.6 is 0 Å². The molecule has 5 rings (SSSR count). The average molecular weight is 580 g/mol. The largest absolute Gasteiger partial charge is 0.465 e. The van der Waals surface area contributed by atoms with Gasteiger partial charge in [-0.25, -0.2) is 9.59 Å². The number of anilines is 3. The van der Waals surface area contributed by atoms with Gasteiger partial charge >= 0.3 is 11.9 Å². The van der Waals surface area contributed by atoms with E-state index < -0.39 is 0 Å². The molecular formula is C39H33NO4. The molecule has 5 heteroatoms. The monoisotopic (exact) mass is 579 g/mol. The molecule has 0 aliphatic rings. The van der Waals surface area contributed by atoms with Crippen LogP contribution < -0.4 is 4.90 Å². The van der Waals surface area contributed by atoms with Gasteiger partial charge in [0.25, 0.3) is 0 Å². The number of aryl methyl sites for hydroxylation is 1. The Bertz CT molecular complexity index is 1710. The molecule has 5 nitrogen and oxygen atoms in total. The summed E-state index contributed by atoms with van der Waals surface area (Å²) < 4.78 is 9.70. The van der Waals surface area contributed by atoms with Crippen molar-refractivity contribution in [1.82, 2.24) is 0 Å².